The predicted octanol–water partition coefficient (Wildman–Crippen LogP) is 2.08. The van der Waals surface area contributed by atoms with E-state index in [-0.39, 0.29) is 11.6 Å². The van der Waals surface area contributed by atoms with Crippen LogP contribution >= 0.6 is 11.6 Å². The first-order valence-electron chi connectivity index (χ1n) is 5.57. The smallest absolute Gasteiger partial charge is 0.293 e. The van der Waals surface area contributed by atoms with Crippen LogP contribution in [0.3, 0.4) is 0 Å². The maximum atomic E-state index is 11.9. The molecule has 1 rings (SSSR count). The van der Waals surface area contributed by atoms with Crippen molar-refractivity contribution >= 4 is 17.4 Å². The second kappa shape index (κ2) is 6.53. The predicted molar refractivity (Wildman–Crippen MR) is 67.2 cm³/mol. The van der Waals surface area contributed by atoms with E-state index < -0.39 is 0 Å². The van der Waals surface area contributed by atoms with Crippen molar-refractivity contribution in [3.05, 3.63) is 22.7 Å². The van der Waals surface area contributed by atoms with Crippen molar-refractivity contribution in [1.82, 2.24) is 9.55 Å². The van der Waals surface area contributed by atoms with Gasteiger partial charge >= 0.3 is 0 Å². The molecule has 0 aliphatic carbocycles. The van der Waals surface area contributed by atoms with Crippen LogP contribution in [0.4, 0.5) is 5.82 Å². The average molecular weight is 244 g/mol. The maximum absolute atomic E-state index is 11.9. The second-order valence-electron chi connectivity index (χ2n) is 3.80. The van der Waals surface area contributed by atoms with Gasteiger partial charge in [0.2, 0.25) is 0 Å². The number of rotatable bonds is 6. The van der Waals surface area contributed by atoms with Gasteiger partial charge in [0.15, 0.2) is 5.82 Å². The third-order valence-corrected chi connectivity index (χ3v) is 2.52. The molecule has 0 saturated heterocycles. The molecule has 0 aliphatic rings. The van der Waals surface area contributed by atoms with Crippen LogP contribution in [0, 0.1) is 0 Å². The van der Waals surface area contributed by atoms with E-state index in [2.05, 4.69) is 10.3 Å². The molecular formula is C11H18ClN3O. The minimum Gasteiger partial charge on any atom is -0.363 e. The van der Waals surface area contributed by atoms with Gasteiger partial charge in [0.05, 0.1) is 0 Å². The Morgan fingerprint density at radius 1 is 1.62 bits per heavy atom. The summed E-state index contributed by atoms with van der Waals surface area (Å²) < 4.78 is 1.67. The van der Waals surface area contributed by atoms with Gasteiger partial charge in [-0.15, -0.1) is 11.6 Å². The summed E-state index contributed by atoms with van der Waals surface area (Å²) in [5, 5.41) is 3.08. The van der Waals surface area contributed by atoms with Crippen LogP contribution < -0.4 is 10.9 Å². The van der Waals surface area contributed by atoms with Gasteiger partial charge < -0.3 is 9.88 Å². The lowest BCUT2D eigenvalue weighted by molar-refractivity contribution is 0.646. The van der Waals surface area contributed by atoms with Gasteiger partial charge in [-0.1, -0.05) is 6.92 Å². The SMILES string of the molecule is CCCn1ccnc(NC(C)CCCl)c1=O. The van der Waals surface area contributed by atoms with Crippen LogP contribution in [0.1, 0.15) is 26.7 Å². The number of hydrogen-bond donors (Lipinski definition) is 1. The Morgan fingerprint density at radius 3 is 3.00 bits per heavy atom. The van der Waals surface area contributed by atoms with Crippen molar-refractivity contribution in [1.29, 1.82) is 0 Å². The van der Waals surface area contributed by atoms with Gasteiger partial charge in [-0.25, -0.2) is 4.98 Å². The molecule has 1 atom stereocenters. The summed E-state index contributed by atoms with van der Waals surface area (Å²) in [6.45, 7) is 4.75. The lowest BCUT2D eigenvalue weighted by Gasteiger charge is -2.13. The van der Waals surface area contributed by atoms with Crippen LogP contribution in [0.15, 0.2) is 17.2 Å². The van der Waals surface area contributed by atoms with Crippen LogP contribution in [0.25, 0.3) is 0 Å². The summed E-state index contributed by atoms with van der Waals surface area (Å²) in [6, 6.07) is 0.162. The molecule has 0 amide bonds. The highest BCUT2D eigenvalue weighted by molar-refractivity contribution is 6.17. The Hall–Kier alpha value is -1.03. The van der Waals surface area contributed by atoms with Crippen LogP contribution in [-0.2, 0) is 6.54 Å². The largest absolute Gasteiger partial charge is 0.363 e. The van der Waals surface area contributed by atoms with E-state index in [1.54, 1.807) is 17.0 Å². The van der Waals surface area contributed by atoms with E-state index in [9.17, 15) is 4.79 Å². The standard InChI is InChI=1S/C11H18ClN3O/c1-3-7-15-8-6-13-10(11(15)16)14-9(2)4-5-12/h6,8-9H,3-5,7H2,1-2H3,(H,13,14). The lowest BCUT2D eigenvalue weighted by atomic mass is 10.2. The molecule has 0 aromatic carbocycles. The molecule has 1 N–H and O–H groups in total. The molecule has 0 spiro atoms. The van der Waals surface area contributed by atoms with Gasteiger partial charge in [-0.2, -0.15) is 0 Å². The molecule has 5 heteroatoms. The molecule has 4 nitrogen and oxygen atoms in total. The van der Waals surface area contributed by atoms with E-state index in [4.69, 9.17) is 11.6 Å². The monoisotopic (exact) mass is 243 g/mol. The second-order valence-corrected chi connectivity index (χ2v) is 4.18. The molecule has 0 saturated carbocycles. The fraction of sp³-hybridized carbons (Fsp3) is 0.636. The lowest BCUT2D eigenvalue weighted by Crippen LogP contribution is -2.28. The number of nitrogens with one attached hydrogen (secondary N) is 1. The highest BCUT2D eigenvalue weighted by Gasteiger charge is 2.07. The van der Waals surface area contributed by atoms with Crippen LogP contribution in [0.5, 0.6) is 0 Å². The van der Waals surface area contributed by atoms with Crippen molar-refractivity contribution in [3.8, 4) is 0 Å². The fourth-order valence-corrected chi connectivity index (χ4v) is 1.76. The van der Waals surface area contributed by atoms with Crippen LogP contribution in [-0.4, -0.2) is 21.5 Å². The zero-order valence-electron chi connectivity index (χ0n) is 9.74. The number of halogens is 1. The highest BCUT2D eigenvalue weighted by atomic mass is 35.5. The first kappa shape index (κ1) is 13.0. The van der Waals surface area contributed by atoms with Crippen molar-refractivity contribution in [3.63, 3.8) is 0 Å². The maximum Gasteiger partial charge on any atom is 0.293 e. The molecule has 1 aromatic heterocycles. The molecule has 0 fully saturated rings. The van der Waals surface area contributed by atoms with Crippen LogP contribution in [0.2, 0.25) is 0 Å². The number of alkyl halides is 1. The first-order valence-corrected chi connectivity index (χ1v) is 6.10. The fourth-order valence-electron chi connectivity index (χ4n) is 1.43. The normalized spacial score (nSPS) is 12.4. The zero-order valence-corrected chi connectivity index (χ0v) is 10.5. The Morgan fingerprint density at radius 2 is 2.38 bits per heavy atom. The van der Waals surface area contributed by atoms with E-state index in [1.807, 2.05) is 13.8 Å². The van der Waals surface area contributed by atoms with E-state index in [0.29, 0.717) is 11.7 Å². The molecule has 1 heterocycles. The van der Waals surface area contributed by atoms with Gasteiger partial charge in [0.25, 0.3) is 5.56 Å². The molecule has 1 unspecified atom stereocenters. The number of anilines is 1. The van der Waals surface area contributed by atoms with Crippen molar-refractivity contribution in [2.75, 3.05) is 11.2 Å². The Kier molecular flexibility index (Phi) is 5.32. The zero-order chi connectivity index (χ0) is 12.0. The van der Waals surface area contributed by atoms with Gasteiger partial charge in [-0.05, 0) is 19.8 Å². The third-order valence-electron chi connectivity index (χ3n) is 2.30. The molecule has 0 bridgehead atoms. The molecule has 16 heavy (non-hydrogen) atoms. The molecular weight excluding hydrogens is 226 g/mol. The highest BCUT2D eigenvalue weighted by Crippen LogP contribution is 2.01. The van der Waals surface area contributed by atoms with Gasteiger partial charge in [0.1, 0.15) is 0 Å². The number of nitrogens with zero attached hydrogens (tertiary/aromatic N) is 2. The number of aromatic nitrogens is 2. The third kappa shape index (κ3) is 3.52. The van der Waals surface area contributed by atoms with Crippen molar-refractivity contribution in [2.24, 2.45) is 0 Å². The van der Waals surface area contributed by atoms with Gasteiger partial charge in [0, 0.05) is 30.9 Å². The summed E-state index contributed by atoms with van der Waals surface area (Å²) in [5.74, 6) is 0.984. The summed E-state index contributed by atoms with van der Waals surface area (Å²) in [5.41, 5.74) is -0.0641. The molecule has 0 radical (unpaired) electrons. The summed E-state index contributed by atoms with van der Waals surface area (Å²) in [7, 11) is 0. The van der Waals surface area contributed by atoms with Crippen molar-refractivity contribution in [2.45, 2.75) is 39.3 Å². The topological polar surface area (TPSA) is 46.9 Å². The minimum absolute atomic E-state index is 0.0641. The Bertz CT molecular complexity index is 378. The average Bonchev–Trinajstić information content (AvgIpc) is 2.24. The first-order chi connectivity index (χ1) is 7.69. The minimum atomic E-state index is -0.0641. The quantitative estimate of drug-likeness (QED) is 0.779. The number of aryl methyl sites for hydroxylation is 1. The summed E-state index contributed by atoms with van der Waals surface area (Å²) in [4.78, 5) is 16.0. The Labute approximate surface area is 101 Å². The van der Waals surface area contributed by atoms with E-state index in [1.165, 1.54) is 0 Å². The van der Waals surface area contributed by atoms with Crippen molar-refractivity contribution < 1.29 is 0 Å². The molecule has 1 aromatic rings. The summed E-state index contributed by atoms with van der Waals surface area (Å²) in [6.07, 6.45) is 5.10. The van der Waals surface area contributed by atoms with E-state index >= 15 is 0 Å². The molecule has 0 aliphatic heterocycles. The summed E-state index contributed by atoms with van der Waals surface area (Å²) >= 11 is 5.64. The number of hydrogen-bond acceptors (Lipinski definition) is 3. The molecule has 90 valence electrons. The Balaban J connectivity index is 2.80. The van der Waals surface area contributed by atoms with Gasteiger partial charge in [-0.3, -0.25) is 4.79 Å². The van der Waals surface area contributed by atoms with E-state index in [0.717, 1.165) is 19.4 Å².